The van der Waals surface area contributed by atoms with Gasteiger partial charge in [-0.05, 0) is 61.2 Å². The van der Waals surface area contributed by atoms with Gasteiger partial charge in [0.2, 0.25) is 0 Å². The maximum absolute atomic E-state index is 2.55. The number of hydrogen-bond donors (Lipinski definition) is 0. The summed E-state index contributed by atoms with van der Waals surface area (Å²) in [4.78, 5) is 0. The highest BCUT2D eigenvalue weighted by Gasteiger charge is 2.44. The quantitative estimate of drug-likeness (QED) is 0.545. The largest absolute Gasteiger partial charge is 0.0622 e. The molecular formula is C16H28. The van der Waals surface area contributed by atoms with Gasteiger partial charge in [-0.1, -0.05) is 39.5 Å². The normalized spacial score (nSPS) is 52.9. The van der Waals surface area contributed by atoms with Gasteiger partial charge in [-0.15, -0.1) is 0 Å². The van der Waals surface area contributed by atoms with Crippen molar-refractivity contribution in [1.82, 2.24) is 0 Å². The fourth-order valence-electron chi connectivity index (χ4n) is 5.32. The molecule has 3 rings (SSSR count). The first-order valence-electron chi connectivity index (χ1n) is 7.77. The van der Waals surface area contributed by atoms with Crippen LogP contribution >= 0.6 is 0 Å². The van der Waals surface area contributed by atoms with Crippen LogP contribution in [-0.4, -0.2) is 0 Å². The Morgan fingerprint density at radius 1 is 0.625 bits per heavy atom. The molecule has 0 bridgehead atoms. The molecule has 16 heavy (non-hydrogen) atoms. The molecule has 6 atom stereocenters. The van der Waals surface area contributed by atoms with Crippen molar-refractivity contribution in [2.24, 2.45) is 35.5 Å². The molecule has 0 aromatic heterocycles. The zero-order valence-corrected chi connectivity index (χ0v) is 11.1. The minimum absolute atomic E-state index is 1.00. The summed E-state index contributed by atoms with van der Waals surface area (Å²) in [6.45, 7) is 5.04. The molecule has 0 saturated heterocycles. The van der Waals surface area contributed by atoms with E-state index in [0.717, 1.165) is 35.5 Å². The van der Waals surface area contributed by atoms with Gasteiger partial charge in [0, 0.05) is 0 Å². The first kappa shape index (κ1) is 11.1. The second-order valence-corrected chi connectivity index (χ2v) is 7.03. The molecule has 3 fully saturated rings. The zero-order chi connectivity index (χ0) is 11.1. The van der Waals surface area contributed by atoms with Crippen LogP contribution in [0.5, 0.6) is 0 Å². The number of fused-ring (bicyclic) bond motifs is 3. The van der Waals surface area contributed by atoms with E-state index < -0.39 is 0 Å². The Kier molecular flexibility index (Phi) is 3.02. The van der Waals surface area contributed by atoms with E-state index >= 15 is 0 Å². The Morgan fingerprint density at radius 3 is 2.25 bits per heavy atom. The van der Waals surface area contributed by atoms with E-state index in [4.69, 9.17) is 0 Å². The van der Waals surface area contributed by atoms with Crippen LogP contribution in [0, 0.1) is 35.5 Å². The molecule has 0 heteroatoms. The van der Waals surface area contributed by atoms with E-state index in [1.165, 1.54) is 19.3 Å². The summed E-state index contributed by atoms with van der Waals surface area (Å²) in [6.07, 6.45) is 12.4. The molecule has 3 saturated carbocycles. The average Bonchev–Trinajstić information content (AvgIpc) is 2.33. The molecule has 6 unspecified atom stereocenters. The van der Waals surface area contributed by atoms with Gasteiger partial charge in [0.1, 0.15) is 0 Å². The van der Waals surface area contributed by atoms with Crippen molar-refractivity contribution in [3.63, 3.8) is 0 Å². The molecule has 0 N–H and O–H groups in total. The summed E-state index contributed by atoms with van der Waals surface area (Å²) in [6, 6.07) is 0. The van der Waals surface area contributed by atoms with Gasteiger partial charge in [0.25, 0.3) is 0 Å². The third-order valence-corrected chi connectivity index (χ3v) is 6.47. The maximum atomic E-state index is 2.55. The molecule has 0 aromatic rings. The number of hydrogen-bond acceptors (Lipinski definition) is 0. The average molecular weight is 220 g/mol. The Bertz CT molecular complexity index is 240. The summed E-state index contributed by atoms with van der Waals surface area (Å²) >= 11 is 0. The van der Waals surface area contributed by atoms with E-state index in [9.17, 15) is 0 Å². The number of rotatable bonds is 0. The molecule has 3 aliphatic carbocycles. The molecule has 0 aromatic carbocycles. The highest BCUT2D eigenvalue weighted by atomic mass is 14.5. The minimum Gasteiger partial charge on any atom is -0.0622 e. The highest BCUT2D eigenvalue weighted by molar-refractivity contribution is 4.94. The second-order valence-electron chi connectivity index (χ2n) is 7.03. The van der Waals surface area contributed by atoms with Crippen molar-refractivity contribution in [1.29, 1.82) is 0 Å². The topological polar surface area (TPSA) is 0 Å². The van der Waals surface area contributed by atoms with Crippen LogP contribution in [-0.2, 0) is 0 Å². The maximum Gasteiger partial charge on any atom is -0.0352 e. The lowest BCUT2D eigenvalue weighted by molar-refractivity contribution is -0.0180. The second kappa shape index (κ2) is 4.35. The van der Waals surface area contributed by atoms with Crippen molar-refractivity contribution in [2.45, 2.75) is 65.2 Å². The molecule has 0 spiro atoms. The summed E-state index contributed by atoms with van der Waals surface area (Å²) in [7, 11) is 0. The fraction of sp³-hybridized carbons (Fsp3) is 1.00. The van der Waals surface area contributed by atoms with Crippen LogP contribution in [0.4, 0.5) is 0 Å². The monoisotopic (exact) mass is 220 g/mol. The van der Waals surface area contributed by atoms with Crippen molar-refractivity contribution < 1.29 is 0 Å². The molecule has 3 aliphatic rings. The Labute approximate surface area is 101 Å². The Morgan fingerprint density at radius 2 is 1.38 bits per heavy atom. The van der Waals surface area contributed by atoms with Crippen LogP contribution < -0.4 is 0 Å². The van der Waals surface area contributed by atoms with Gasteiger partial charge < -0.3 is 0 Å². The third kappa shape index (κ3) is 1.73. The lowest BCUT2D eigenvalue weighted by Gasteiger charge is -2.51. The van der Waals surface area contributed by atoms with Gasteiger partial charge in [-0.2, -0.15) is 0 Å². The molecular weight excluding hydrogens is 192 g/mol. The van der Waals surface area contributed by atoms with Gasteiger partial charge in [-0.3, -0.25) is 0 Å². The first-order chi connectivity index (χ1) is 7.77. The van der Waals surface area contributed by atoms with Crippen molar-refractivity contribution in [3.05, 3.63) is 0 Å². The van der Waals surface area contributed by atoms with Gasteiger partial charge in [-0.25, -0.2) is 0 Å². The molecule has 0 nitrogen and oxygen atoms in total. The van der Waals surface area contributed by atoms with Crippen molar-refractivity contribution in [3.8, 4) is 0 Å². The Hall–Kier alpha value is 0. The smallest absolute Gasteiger partial charge is 0.0352 e. The van der Waals surface area contributed by atoms with Crippen LogP contribution in [0.25, 0.3) is 0 Å². The summed E-state index contributed by atoms with van der Waals surface area (Å²) < 4.78 is 0. The van der Waals surface area contributed by atoms with Gasteiger partial charge in [0.05, 0.1) is 0 Å². The van der Waals surface area contributed by atoms with Crippen molar-refractivity contribution >= 4 is 0 Å². The molecule has 0 aliphatic heterocycles. The van der Waals surface area contributed by atoms with Crippen LogP contribution in [0.3, 0.4) is 0 Å². The summed E-state index contributed by atoms with van der Waals surface area (Å²) in [5.74, 6) is 6.52. The van der Waals surface area contributed by atoms with Crippen LogP contribution in [0.15, 0.2) is 0 Å². The standard InChI is InChI=1S/C16H28/c1-11-7-9-16-14(12(11)2)10-8-13-5-3-4-6-15(13)16/h11-16H,3-10H2,1-2H3. The van der Waals surface area contributed by atoms with Crippen molar-refractivity contribution in [2.75, 3.05) is 0 Å². The lowest BCUT2D eigenvalue weighted by atomic mass is 9.54. The Balaban J connectivity index is 1.76. The van der Waals surface area contributed by atoms with Crippen LogP contribution in [0.2, 0.25) is 0 Å². The predicted octanol–water partition coefficient (Wildman–Crippen LogP) is 4.89. The SMILES string of the molecule is CC1CCC2C3CCCCC3CCC2C1C. The molecule has 92 valence electrons. The summed E-state index contributed by atoms with van der Waals surface area (Å²) in [5, 5.41) is 0. The minimum atomic E-state index is 1.00. The van der Waals surface area contributed by atoms with Crippen LogP contribution in [0.1, 0.15) is 65.2 Å². The van der Waals surface area contributed by atoms with E-state index in [2.05, 4.69) is 13.8 Å². The lowest BCUT2D eigenvalue weighted by Crippen LogP contribution is -2.43. The van der Waals surface area contributed by atoms with E-state index in [1.54, 1.807) is 32.1 Å². The fourth-order valence-corrected chi connectivity index (χ4v) is 5.32. The molecule has 0 radical (unpaired) electrons. The van der Waals surface area contributed by atoms with Gasteiger partial charge >= 0.3 is 0 Å². The third-order valence-electron chi connectivity index (χ3n) is 6.47. The summed E-state index contributed by atoms with van der Waals surface area (Å²) in [5.41, 5.74) is 0. The molecule has 0 heterocycles. The predicted molar refractivity (Wildman–Crippen MR) is 69.2 cm³/mol. The molecule has 0 amide bonds. The zero-order valence-electron chi connectivity index (χ0n) is 11.1. The van der Waals surface area contributed by atoms with E-state index in [1.807, 2.05) is 0 Å². The van der Waals surface area contributed by atoms with E-state index in [-0.39, 0.29) is 0 Å². The first-order valence-corrected chi connectivity index (χ1v) is 7.77. The van der Waals surface area contributed by atoms with Gasteiger partial charge in [0.15, 0.2) is 0 Å². The van der Waals surface area contributed by atoms with E-state index in [0.29, 0.717) is 0 Å². The highest BCUT2D eigenvalue weighted by Crippen LogP contribution is 2.54.